The number of hydrogen-bond acceptors (Lipinski definition) is 3. The van der Waals surface area contributed by atoms with Crippen molar-refractivity contribution in [3.63, 3.8) is 0 Å². The van der Waals surface area contributed by atoms with Crippen molar-refractivity contribution in [1.82, 2.24) is 0 Å². The predicted octanol–water partition coefficient (Wildman–Crippen LogP) is -3.44. The van der Waals surface area contributed by atoms with Gasteiger partial charge >= 0.3 is 29.6 Å². The van der Waals surface area contributed by atoms with Gasteiger partial charge in [-0.2, -0.15) is 0 Å². The summed E-state index contributed by atoms with van der Waals surface area (Å²) in [7, 11) is -4.11. The van der Waals surface area contributed by atoms with E-state index in [9.17, 15) is 13.0 Å². The van der Waals surface area contributed by atoms with Crippen LogP contribution in [-0.2, 0) is 10.1 Å². The van der Waals surface area contributed by atoms with E-state index in [4.69, 9.17) is 0 Å². The Kier molecular flexibility index (Phi) is 7.13. The van der Waals surface area contributed by atoms with Crippen LogP contribution < -0.4 is 29.6 Å². The second-order valence-corrected chi connectivity index (χ2v) is 2.53. The van der Waals surface area contributed by atoms with Crippen LogP contribution in [0.15, 0.2) is 0 Å². The summed E-state index contributed by atoms with van der Waals surface area (Å²) in [5.41, 5.74) is 0. The molecule has 0 unspecified atom stereocenters. The van der Waals surface area contributed by atoms with Gasteiger partial charge in [-0.15, -0.1) is 5.92 Å². The molecule has 0 atom stereocenters. The zero-order valence-corrected chi connectivity index (χ0v) is 8.16. The second-order valence-electron chi connectivity index (χ2n) is 1.13. The van der Waals surface area contributed by atoms with Crippen molar-refractivity contribution in [2.75, 3.05) is 5.75 Å². The fourth-order valence-corrected chi connectivity index (χ4v) is 0.482. The molecule has 5 heteroatoms. The molecule has 0 aliphatic rings. The molecule has 0 aromatic rings. The molecule has 0 rings (SSSR count). The minimum atomic E-state index is -4.11. The normalized spacial score (nSPS) is 8.67. The minimum Gasteiger partial charge on any atom is -0.747 e. The quantitative estimate of drug-likeness (QED) is 0.225. The Morgan fingerprint density at radius 1 is 1.56 bits per heavy atom. The van der Waals surface area contributed by atoms with Crippen LogP contribution in [0.5, 0.6) is 0 Å². The van der Waals surface area contributed by atoms with Crippen LogP contribution in [-0.4, -0.2) is 18.7 Å². The molecule has 0 saturated carbocycles. The Balaban J connectivity index is 0. The van der Waals surface area contributed by atoms with Gasteiger partial charge in [-0.05, 0) is 6.92 Å². The third kappa shape index (κ3) is 11.8. The summed E-state index contributed by atoms with van der Waals surface area (Å²) < 4.78 is 29.2. The Labute approximate surface area is 76.9 Å². The smallest absolute Gasteiger partial charge is 0.747 e. The van der Waals surface area contributed by atoms with E-state index in [1.807, 2.05) is 0 Å². The van der Waals surface area contributed by atoms with Crippen LogP contribution in [0.25, 0.3) is 0 Å². The summed E-state index contributed by atoms with van der Waals surface area (Å²) in [6.07, 6.45) is 0. The topological polar surface area (TPSA) is 57.2 Å². The molecule has 46 valence electrons. The summed E-state index contributed by atoms with van der Waals surface area (Å²) in [6, 6.07) is 0. The summed E-state index contributed by atoms with van der Waals surface area (Å²) in [5, 5.41) is 0. The molecule has 0 N–H and O–H groups in total. The molecule has 0 amide bonds. The maximum atomic E-state index is 9.73. The average Bonchev–Trinajstić information content (AvgIpc) is 1.59. The molecule has 0 bridgehead atoms. The molecular weight excluding hydrogens is 151 g/mol. The van der Waals surface area contributed by atoms with E-state index in [1.54, 1.807) is 0 Å². The molecule has 0 fully saturated rings. The zero-order valence-electron chi connectivity index (χ0n) is 5.34. The first-order valence-corrected chi connectivity index (χ1v) is 3.47. The van der Waals surface area contributed by atoms with Crippen molar-refractivity contribution in [3.8, 4) is 11.8 Å². The molecule has 0 aliphatic heterocycles. The standard InChI is InChI=1S/C4H6O3S.Na/c1-2-3-4-8(5,6)7;/h4H2,1H3,(H,5,6,7);/q;+1/p-1. The van der Waals surface area contributed by atoms with Crippen molar-refractivity contribution in [2.45, 2.75) is 6.92 Å². The fourth-order valence-electron chi connectivity index (χ4n) is 0.161. The molecule has 0 radical (unpaired) electrons. The monoisotopic (exact) mass is 156 g/mol. The first kappa shape index (κ1) is 12.2. The van der Waals surface area contributed by atoms with Crippen molar-refractivity contribution in [1.29, 1.82) is 0 Å². The Hall–Kier alpha value is 0.470. The van der Waals surface area contributed by atoms with E-state index < -0.39 is 15.9 Å². The van der Waals surface area contributed by atoms with E-state index in [0.29, 0.717) is 0 Å². The van der Waals surface area contributed by atoms with Crippen molar-refractivity contribution >= 4 is 10.1 Å². The van der Waals surface area contributed by atoms with Gasteiger partial charge < -0.3 is 4.55 Å². The van der Waals surface area contributed by atoms with Crippen LogP contribution in [0.2, 0.25) is 0 Å². The van der Waals surface area contributed by atoms with Crippen LogP contribution in [0, 0.1) is 11.8 Å². The number of hydrogen-bond donors (Lipinski definition) is 0. The number of rotatable bonds is 1. The van der Waals surface area contributed by atoms with E-state index in [-0.39, 0.29) is 29.6 Å². The molecular formula is C4H5NaO3S. The van der Waals surface area contributed by atoms with Gasteiger partial charge in [0.05, 0.1) is 5.75 Å². The van der Waals surface area contributed by atoms with Crippen molar-refractivity contribution in [2.24, 2.45) is 0 Å². The third-order valence-electron chi connectivity index (χ3n) is 0.426. The fraction of sp³-hybridized carbons (Fsp3) is 0.500. The molecule has 0 aromatic carbocycles. The van der Waals surface area contributed by atoms with E-state index >= 15 is 0 Å². The maximum absolute atomic E-state index is 9.73. The molecule has 3 nitrogen and oxygen atoms in total. The van der Waals surface area contributed by atoms with Crippen LogP contribution in [0.1, 0.15) is 6.92 Å². The van der Waals surface area contributed by atoms with E-state index in [1.165, 1.54) is 6.92 Å². The van der Waals surface area contributed by atoms with Gasteiger partial charge in [-0.3, -0.25) is 0 Å². The van der Waals surface area contributed by atoms with Crippen molar-refractivity contribution < 1.29 is 42.5 Å². The summed E-state index contributed by atoms with van der Waals surface area (Å²) in [5.74, 6) is 3.85. The largest absolute Gasteiger partial charge is 1.00 e. The summed E-state index contributed by atoms with van der Waals surface area (Å²) in [4.78, 5) is 0. The SMILES string of the molecule is CC#CCS(=O)(=O)[O-].[Na+]. The van der Waals surface area contributed by atoms with E-state index in [2.05, 4.69) is 11.8 Å². The molecule has 0 aromatic heterocycles. The van der Waals surface area contributed by atoms with Crippen molar-refractivity contribution in [3.05, 3.63) is 0 Å². The zero-order chi connectivity index (χ0) is 6.62. The van der Waals surface area contributed by atoms with Gasteiger partial charge in [0, 0.05) is 0 Å². The van der Waals surface area contributed by atoms with Crippen LogP contribution in [0.4, 0.5) is 0 Å². The minimum absolute atomic E-state index is 0. The van der Waals surface area contributed by atoms with Gasteiger partial charge in [-0.1, -0.05) is 5.92 Å². The molecule has 0 saturated heterocycles. The summed E-state index contributed by atoms with van der Waals surface area (Å²) in [6.45, 7) is 1.48. The molecule has 9 heavy (non-hydrogen) atoms. The Morgan fingerprint density at radius 2 is 2.00 bits per heavy atom. The summed E-state index contributed by atoms with van der Waals surface area (Å²) >= 11 is 0. The van der Waals surface area contributed by atoms with E-state index in [0.717, 1.165) is 0 Å². The first-order valence-electron chi connectivity index (χ1n) is 1.89. The molecule has 0 spiro atoms. The average molecular weight is 156 g/mol. The van der Waals surface area contributed by atoms with Gasteiger partial charge in [0.1, 0.15) is 10.1 Å². The van der Waals surface area contributed by atoms with Gasteiger partial charge in [-0.25, -0.2) is 8.42 Å². The maximum Gasteiger partial charge on any atom is 1.00 e. The first-order chi connectivity index (χ1) is 3.56. The molecule has 0 heterocycles. The third-order valence-corrected chi connectivity index (χ3v) is 0.924. The van der Waals surface area contributed by atoms with Gasteiger partial charge in [0.15, 0.2) is 0 Å². The molecule has 0 aliphatic carbocycles. The second kappa shape index (κ2) is 5.27. The van der Waals surface area contributed by atoms with Gasteiger partial charge in [0.2, 0.25) is 0 Å². The van der Waals surface area contributed by atoms with Crippen LogP contribution in [0.3, 0.4) is 0 Å². The predicted molar refractivity (Wildman–Crippen MR) is 28.0 cm³/mol. The Bertz CT molecular complexity index is 208. The van der Waals surface area contributed by atoms with Crippen LogP contribution >= 0.6 is 0 Å². The van der Waals surface area contributed by atoms with Gasteiger partial charge in [0.25, 0.3) is 0 Å². The Morgan fingerprint density at radius 3 is 2.11 bits per heavy atom.